The summed E-state index contributed by atoms with van der Waals surface area (Å²) in [5.41, 5.74) is 6.61. The molecule has 51 heavy (non-hydrogen) atoms. The van der Waals surface area contributed by atoms with Crippen LogP contribution >= 0.6 is 0 Å². The van der Waals surface area contributed by atoms with Crippen LogP contribution in [0.5, 0.6) is 0 Å². The van der Waals surface area contributed by atoms with Gasteiger partial charge in [-0.3, -0.25) is 0 Å². The number of fused-ring (bicyclic) bond motifs is 10. The lowest BCUT2D eigenvalue weighted by molar-refractivity contribution is 0.673. The molecule has 0 saturated heterocycles. The van der Waals surface area contributed by atoms with Gasteiger partial charge in [0.05, 0.1) is 0 Å². The lowest BCUT2D eigenvalue weighted by Crippen LogP contribution is -1.90. The van der Waals surface area contributed by atoms with Crippen molar-refractivity contribution < 1.29 is 4.42 Å². The summed E-state index contributed by atoms with van der Waals surface area (Å²) in [5, 5.41) is 19.9. The second-order valence-electron chi connectivity index (χ2n) is 14.0. The van der Waals surface area contributed by atoms with Gasteiger partial charge in [0.2, 0.25) is 0 Å². The lowest BCUT2D eigenvalue weighted by Gasteiger charge is -2.17. The summed E-state index contributed by atoms with van der Waals surface area (Å²) >= 11 is 0. The molecule has 1 aromatic heterocycles. The van der Waals surface area contributed by atoms with Gasteiger partial charge in [-0.25, -0.2) is 0 Å². The van der Waals surface area contributed by atoms with Gasteiger partial charge in [0.25, 0.3) is 0 Å². The van der Waals surface area contributed by atoms with E-state index < -0.39 is 0 Å². The van der Waals surface area contributed by atoms with Gasteiger partial charge in [-0.05, 0) is 117 Å². The minimum absolute atomic E-state index is 0.904. The second kappa shape index (κ2) is 9.94. The Morgan fingerprint density at radius 1 is 0.275 bits per heavy atom. The first-order valence-corrected chi connectivity index (χ1v) is 17.7. The summed E-state index contributed by atoms with van der Waals surface area (Å²) in [6.07, 6.45) is 0. The highest BCUT2D eigenvalue weighted by atomic mass is 16.3. The molecule has 0 radical (unpaired) electrons. The van der Waals surface area contributed by atoms with E-state index in [2.05, 4.69) is 170 Å². The van der Waals surface area contributed by atoms with Gasteiger partial charge in [-0.1, -0.05) is 146 Å². The van der Waals surface area contributed by atoms with E-state index in [0.717, 1.165) is 32.9 Å². The minimum atomic E-state index is 0.904. The van der Waals surface area contributed by atoms with Crippen LogP contribution in [-0.4, -0.2) is 0 Å². The van der Waals surface area contributed by atoms with E-state index in [1.807, 2.05) is 0 Å². The van der Waals surface area contributed by atoms with Gasteiger partial charge in [0.15, 0.2) is 0 Å². The van der Waals surface area contributed by atoms with E-state index in [0.29, 0.717) is 0 Å². The monoisotopic (exact) mass is 644 g/mol. The minimum Gasteiger partial charge on any atom is -0.455 e. The Labute approximate surface area is 292 Å². The van der Waals surface area contributed by atoms with Crippen molar-refractivity contribution >= 4 is 97.3 Å². The molecule has 0 spiro atoms. The maximum absolute atomic E-state index is 6.98. The van der Waals surface area contributed by atoms with Crippen molar-refractivity contribution in [1.29, 1.82) is 0 Å². The fraction of sp³-hybridized carbons (Fsp3) is 0. The van der Waals surface area contributed by atoms with Crippen LogP contribution in [0.3, 0.4) is 0 Å². The Bertz CT molecular complexity index is 3380. The van der Waals surface area contributed by atoms with Crippen molar-refractivity contribution in [2.45, 2.75) is 0 Å². The molecule has 0 aliphatic heterocycles. The van der Waals surface area contributed by atoms with Crippen LogP contribution in [0.25, 0.3) is 120 Å². The maximum Gasteiger partial charge on any atom is 0.143 e. The molecule has 0 aliphatic rings. The zero-order valence-electron chi connectivity index (χ0n) is 27.6. The lowest BCUT2D eigenvalue weighted by atomic mass is 9.86. The van der Waals surface area contributed by atoms with Crippen LogP contribution < -0.4 is 0 Å². The average Bonchev–Trinajstić information content (AvgIpc) is 3.58. The number of hydrogen-bond acceptors (Lipinski definition) is 1. The van der Waals surface area contributed by atoms with Gasteiger partial charge in [0.1, 0.15) is 11.2 Å². The first-order chi connectivity index (χ1) is 25.3. The van der Waals surface area contributed by atoms with E-state index in [4.69, 9.17) is 4.42 Å². The highest BCUT2D eigenvalue weighted by Gasteiger charge is 2.21. The molecule has 12 aromatic rings. The van der Waals surface area contributed by atoms with Gasteiger partial charge in [-0.2, -0.15) is 0 Å². The summed E-state index contributed by atoms with van der Waals surface area (Å²) in [5.74, 6) is 0. The van der Waals surface area contributed by atoms with E-state index in [1.54, 1.807) is 0 Å². The van der Waals surface area contributed by atoms with E-state index >= 15 is 0 Å². The smallest absolute Gasteiger partial charge is 0.143 e. The SMILES string of the molecule is c1ccc2c(c1)ccc1c2oc2cc(-c3cc4ccccc4c4c3ccc3ccccc34)cc(-c3ccc4ccc5cccc6ccc3c4c56)c21. The van der Waals surface area contributed by atoms with Gasteiger partial charge >= 0.3 is 0 Å². The zero-order valence-corrected chi connectivity index (χ0v) is 27.6. The summed E-state index contributed by atoms with van der Waals surface area (Å²) < 4.78 is 6.98. The van der Waals surface area contributed by atoms with Gasteiger partial charge in [0, 0.05) is 16.2 Å². The Morgan fingerprint density at radius 3 is 1.61 bits per heavy atom. The van der Waals surface area contributed by atoms with Gasteiger partial charge in [-0.15, -0.1) is 0 Å². The highest BCUT2D eigenvalue weighted by molar-refractivity contribution is 6.29. The molecule has 1 nitrogen and oxygen atoms in total. The van der Waals surface area contributed by atoms with Crippen LogP contribution in [-0.2, 0) is 0 Å². The topological polar surface area (TPSA) is 13.1 Å². The first kappa shape index (κ1) is 27.2. The number of benzene rings is 11. The molecular formula is C50H28O. The second-order valence-corrected chi connectivity index (χ2v) is 14.0. The Hall–Kier alpha value is -6.70. The molecule has 11 aromatic carbocycles. The van der Waals surface area contributed by atoms with E-state index in [1.165, 1.54) is 86.7 Å². The largest absolute Gasteiger partial charge is 0.455 e. The van der Waals surface area contributed by atoms with Crippen molar-refractivity contribution in [2.75, 3.05) is 0 Å². The molecule has 0 fully saturated rings. The molecule has 1 heterocycles. The molecule has 234 valence electrons. The van der Waals surface area contributed by atoms with Crippen LogP contribution in [0.2, 0.25) is 0 Å². The average molecular weight is 645 g/mol. The fourth-order valence-corrected chi connectivity index (χ4v) is 9.08. The predicted molar refractivity (Wildman–Crippen MR) is 218 cm³/mol. The molecule has 0 atom stereocenters. The number of rotatable bonds is 2. The first-order valence-electron chi connectivity index (χ1n) is 17.7. The summed E-state index contributed by atoms with van der Waals surface area (Å²) in [7, 11) is 0. The number of furan rings is 1. The molecule has 0 bridgehead atoms. The molecule has 0 N–H and O–H groups in total. The Kier molecular flexibility index (Phi) is 5.29. The van der Waals surface area contributed by atoms with Crippen molar-refractivity contribution in [3.05, 3.63) is 170 Å². The predicted octanol–water partition coefficient (Wildman–Crippen LogP) is 14.4. The molecular weight excluding hydrogens is 617 g/mol. The van der Waals surface area contributed by atoms with Crippen molar-refractivity contribution in [1.82, 2.24) is 0 Å². The molecule has 0 amide bonds. The number of hydrogen-bond donors (Lipinski definition) is 0. The van der Waals surface area contributed by atoms with Crippen LogP contribution in [0.4, 0.5) is 0 Å². The molecule has 1 heteroatoms. The maximum atomic E-state index is 6.98. The molecule has 0 saturated carbocycles. The third kappa shape index (κ3) is 3.70. The van der Waals surface area contributed by atoms with Gasteiger partial charge < -0.3 is 4.42 Å². The summed E-state index contributed by atoms with van der Waals surface area (Å²) in [4.78, 5) is 0. The molecule has 0 unspecified atom stereocenters. The van der Waals surface area contributed by atoms with Crippen LogP contribution in [0.15, 0.2) is 174 Å². The van der Waals surface area contributed by atoms with Crippen LogP contribution in [0, 0.1) is 0 Å². The standard InChI is InChI=1S/C50H28O/c1-4-13-36-29(8-1)18-23-41-43(26-34-10-3-5-14-37(34)48(36)41)35-27-44(49-42-25-19-30-9-2-6-15-38(30)50(42)51-45(49)28-35)39-22-20-33-17-16-31-11-7-12-32-21-24-40(39)47(33)46(31)32/h1-28H. The third-order valence-corrected chi connectivity index (χ3v) is 11.3. The quantitative estimate of drug-likeness (QED) is 0.171. The van der Waals surface area contributed by atoms with E-state index in [-0.39, 0.29) is 0 Å². The summed E-state index contributed by atoms with van der Waals surface area (Å²) in [6.45, 7) is 0. The van der Waals surface area contributed by atoms with Crippen molar-refractivity contribution in [3.8, 4) is 22.3 Å². The summed E-state index contributed by atoms with van der Waals surface area (Å²) in [6, 6.07) is 62.6. The van der Waals surface area contributed by atoms with E-state index in [9.17, 15) is 0 Å². The Balaban J connectivity index is 1.26. The zero-order chi connectivity index (χ0) is 33.2. The van der Waals surface area contributed by atoms with Crippen molar-refractivity contribution in [2.24, 2.45) is 0 Å². The molecule has 12 rings (SSSR count). The third-order valence-electron chi connectivity index (χ3n) is 11.3. The molecule has 0 aliphatic carbocycles. The highest BCUT2D eigenvalue weighted by Crippen LogP contribution is 2.47. The fourth-order valence-electron chi connectivity index (χ4n) is 9.08. The Morgan fingerprint density at radius 2 is 0.824 bits per heavy atom. The van der Waals surface area contributed by atoms with Crippen molar-refractivity contribution in [3.63, 3.8) is 0 Å². The normalized spacial score (nSPS) is 12.3. The van der Waals surface area contributed by atoms with Crippen LogP contribution in [0.1, 0.15) is 0 Å².